The van der Waals surface area contributed by atoms with Gasteiger partial charge in [-0.25, -0.2) is 4.79 Å². The molecule has 3 aromatic rings. The molecule has 1 aromatic heterocycles. The van der Waals surface area contributed by atoms with Crippen LogP contribution in [0.2, 0.25) is 5.02 Å². The van der Waals surface area contributed by atoms with Gasteiger partial charge in [0.25, 0.3) is 0 Å². The zero-order valence-electron chi connectivity index (χ0n) is 13.6. The molecule has 0 spiro atoms. The van der Waals surface area contributed by atoms with E-state index < -0.39 is 0 Å². The number of urea groups is 1. The van der Waals surface area contributed by atoms with Gasteiger partial charge in [0.15, 0.2) is 0 Å². The van der Waals surface area contributed by atoms with Gasteiger partial charge in [-0.05, 0) is 31.0 Å². The molecular formula is C18H19ClN4O. The van der Waals surface area contributed by atoms with Crippen LogP contribution >= 0.6 is 11.6 Å². The average molecular weight is 343 g/mol. The Morgan fingerprint density at radius 3 is 2.71 bits per heavy atom. The summed E-state index contributed by atoms with van der Waals surface area (Å²) >= 11 is 6.29. The monoisotopic (exact) mass is 342 g/mol. The summed E-state index contributed by atoms with van der Waals surface area (Å²) in [4.78, 5) is 12.2. The molecule has 2 N–H and O–H groups in total. The summed E-state index contributed by atoms with van der Waals surface area (Å²) in [5.74, 6) is 0. The van der Waals surface area contributed by atoms with Crippen molar-refractivity contribution >= 4 is 34.1 Å². The normalized spacial score (nSPS) is 10.8. The maximum atomic E-state index is 12.2. The van der Waals surface area contributed by atoms with Crippen molar-refractivity contribution in [3.8, 4) is 0 Å². The molecule has 0 radical (unpaired) electrons. The number of carbonyl (C=O) groups excluding carboxylic acids is 1. The number of aromatic nitrogens is 2. The lowest BCUT2D eigenvalue weighted by molar-refractivity contribution is 0.251. The number of hydrogen-bond acceptors (Lipinski definition) is 2. The standard InChI is InChI=1S/C18H19ClN4O/c1-12-10-21-23(11-12)8-7-20-18(24)22-17-13(2)9-16(19)14-5-3-4-6-15(14)17/h3-6,9-11H,7-8H2,1-2H3,(H2,20,22,24). The van der Waals surface area contributed by atoms with E-state index in [4.69, 9.17) is 11.6 Å². The Balaban J connectivity index is 1.69. The van der Waals surface area contributed by atoms with Gasteiger partial charge in [-0.2, -0.15) is 5.10 Å². The number of fused-ring (bicyclic) bond motifs is 1. The van der Waals surface area contributed by atoms with Crippen molar-refractivity contribution in [3.63, 3.8) is 0 Å². The van der Waals surface area contributed by atoms with Crippen LogP contribution in [-0.2, 0) is 6.54 Å². The van der Waals surface area contributed by atoms with E-state index >= 15 is 0 Å². The Morgan fingerprint density at radius 1 is 1.25 bits per heavy atom. The Hall–Kier alpha value is -2.53. The van der Waals surface area contributed by atoms with Crippen LogP contribution in [0.5, 0.6) is 0 Å². The number of aryl methyl sites for hydroxylation is 2. The molecule has 0 saturated carbocycles. The molecule has 0 aliphatic heterocycles. The highest BCUT2D eigenvalue weighted by molar-refractivity contribution is 6.36. The molecule has 24 heavy (non-hydrogen) atoms. The van der Waals surface area contributed by atoms with E-state index in [0.717, 1.165) is 27.6 Å². The minimum Gasteiger partial charge on any atom is -0.336 e. The molecular weight excluding hydrogens is 324 g/mol. The van der Waals surface area contributed by atoms with E-state index in [1.54, 1.807) is 10.9 Å². The minimum absolute atomic E-state index is 0.241. The molecule has 0 aliphatic rings. The van der Waals surface area contributed by atoms with Gasteiger partial charge >= 0.3 is 6.03 Å². The maximum absolute atomic E-state index is 12.2. The van der Waals surface area contributed by atoms with Gasteiger partial charge in [-0.3, -0.25) is 4.68 Å². The first-order valence-electron chi connectivity index (χ1n) is 7.76. The number of anilines is 1. The van der Waals surface area contributed by atoms with Gasteiger partial charge in [-0.1, -0.05) is 35.9 Å². The van der Waals surface area contributed by atoms with Gasteiger partial charge in [0.1, 0.15) is 0 Å². The Kier molecular flexibility index (Phi) is 4.71. The smallest absolute Gasteiger partial charge is 0.319 e. The first-order chi connectivity index (χ1) is 11.5. The predicted octanol–water partition coefficient (Wildman–Crippen LogP) is 4.13. The van der Waals surface area contributed by atoms with Crippen LogP contribution in [0.3, 0.4) is 0 Å². The van der Waals surface area contributed by atoms with Crippen LogP contribution in [-0.4, -0.2) is 22.4 Å². The number of benzene rings is 2. The molecule has 3 rings (SSSR count). The van der Waals surface area contributed by atoms with Crippen LogP contribution in [0.1, 0.15) is 11.1 Å². The molecule has 1 heterocycles. The summed E-state index contributed by atoms with van der Waals surface area (Å²) in [6.07, 6.45) is 3.74. The molecule has 0 saturated heterocycles. The lowest BCUT2D eigenvalue weighted by Gasteiger charge is -2.14. The second kappa shape index (κ2) is 6.93. The molecule has 2 aromatic carbocycles. The highest BCUT2D eigenvalue weighted by Crippen LogP contribution is 2.32. The van der Waals surface area contributed by atoms with Crippen LogP contribution < -0.4 is 10.6 Å². The second-order valence-corrected chi connectivity index (χ2v) is 6.16. The fourth-order valence-electron chi connectivity index (χ4n) is 2.66. The maximum Gasteiger partial charge on any atom is 0.319 e. The fourth-order valence-corrected chi connectivity index (χ4v) is 2.99. The third-order valence-electron chi connectivity index (χ3n) is 3.82. The number of amides is 2. The molecule has 0 unspecified atom stereocenters. The molecule has 6 heteroatoms. The highest BCUT2D eigenvalue weighted by atomic mass is 35.5. The van der Waals surface area contributed by atoms with E-state index in [1.165, 1.54) is 0 Å². The van der Waals surface area contributed by atoms with Crippen molar-refractivity contribution in [2.75, 3.05) is 11.9 Å². The molecule has 0 aliphatic carbocycles. The fraction of sp³-hybridized carbons (Fsp3) is 0.222. The highest BCUT2D eigenvalue weighted by Gasteiger charge is 2.11. The van der Waals surface area contributed by atoms with E-state index in [0.29, 0.717) is 18.1 Å². The third kappa shape index (κ3) is 3.51. The van der Waals surface area contributed by atoms with Crippen LogP contribution in [0, 0.1) is 13.8 Å². The summed E-state index contributed by atoms with van der Waals surface area (Å²) in [5, 5.41) is 12.5. The Bertz CT molecular complexity index is 888. The van der Waals surface area contributed by atoms with Crippen molar-refractivity contribution < 1.29 is 4.79 Å². The average Bonchev–Trinajstić information content (AvgIpc) is 2.97. The van der Waals surface area contributed by atoms with Gasteiger partial charge in [0.2, 0.25) is 0 Å². The third-order valence-corrected chi connectivity index (χ3v) is 4.13. The van der Waals surface area contributed by atoms with Crippen molar-refractivity contribution in [1.82, 2.24) is 15.1 Å². The van der Waals surface area contributed by atoms with E-state index in [9.17, 15) is 4.79 Å². The van der Waals surface area contributed by atoms with Crippen LogP contribution in [0.15, 0.2) is 42.7 Å². The van der Waals surface area contributed by atoms with E-state index in [1.807, 2.05) is 50.4 Å². The lowest BCUT2D eigenvalue weighted by atomic mass is 10.0. The first kappa shape index (κ1) is 16.3. The Labute approximate surface area is 145 Å². The number of nitrogens with one attached hydrogen (secondary N) is 2. The first-order valence-corrected chi connectivity index (χ1v) is 8.14. The van der Waals surface area contributed by atoms with Crippen molar-refractivity contribution in [1.29, 1.82) is 0 Å². The predicted molar refractivity (Wildman–Crippen MR) is 97.7 cm³/mol. The molecule has 0 fully saturated rings. The summed E-state index contributed by atoms with van der Waals surface area (Å²) in [7, 11) is 0. The van der Waals surface area contributed by atoms with Crippen molar-refractivity contribution in [2.24, 2.45) is 0 Å². The zero-order chi connectivity index (χ0) is 17.1. The quantitative estimate of drug-likeness (QED) is 0.749. The summed E-state index contributed by atoms with van der Waals surface area (Å²) in [5.41, 5.74) is 2.81. The molecule has 2 amide bonds. The lowest BCUT2D eigenvalue weighted by Crippen LogP contribution is -2.31. The number of rotatable bonds is 4. The second-order valence-electron chi connectivity index (χ2n) is 5.76. The summed E-state index contributed by atoms with van der Waals surface area (Å²) in [6, 6.07) is 9.39. The van der Waals surface area contributed by atoms with Crippen LogP contribution in [0.25, 0.3) is 10.8 Å². The van der Waals surface area contributed by atoms with Gasteiger partial charge in [0.05, 0.1) is 18.4 Å². The van der Waals surface area contributed by atoms with E-state index in [-0.39, 0.29) is 6.03 Å². The number of nitrogens with zero attached hydrogens (tertiary/aromatic N) is 2. The van der Waals surface area contributed by atoms with Crippen LogP contribution in [0.4, 0.5) is 10.5 Å². The van der Waals surface area contributed by atoms with Gasteiger partial charge < -0.3 is 10.6 Å². The molecule has 124 valence electrons. The SMILES string of the molecule is Cc1cnn(CCNC(=O)Nc2c(C)cc(Cl)c3ccccc23)c1. The number of carbonyl (C=O) groups is 1. The summed E-state index contributed by atoms with van der Waals surface area (Å²) < 4.78 is 1.80. The van der Waals surface area contributed by atoms with Gasteiger partial charge in [-0.15, -0.1) is 0 Å². The largest absolute Gasteiger partial charge is 0.336 e. The minimum atomic E-state index is -0.241. The molecule has 5 nitrogen and oxygen atoms in total. The summed E-state index contributed by atoms with van der Waals surface area (Å²) in [6.45, 7) is 5.04. The number of halogens is 1. The van der Waals surface area contributed by atoms with Crippen molar-refractivity contribution in [3.05, 3.63) is 58.9 Å². The van der Waals surface area contributed by atoms with Crippen molar-refractivity contribution in [2.45, 2.75) is 20.4 Å². The molecule has 0 bridgehead atoms. The molecule has 0 atom stereocenters. The van der Waals surface area contributed by atoms with E-state index in [2.05, 4.69) is 15.7 Å². The Morgan fingerprint density at radius 2 is 2.00 bits per heavy atom. The topological polar surface area (TPSA) is 59.0 Å². The number of hydrogen-bond donors (Lipinski definition) is 2. The zero-order valence-corrected chi connectivity index (χ0v) is 14.4. The van der Waals surface area contributed by atoms with Gasteiger partial charge in [0, 0.05) is 28.5 Å².